The van der Waals surface area contributed by atoms with Gasteiger partial charge in [-0.05, 0) is 38.4 Å². The van der Waals surface area contributed by atoms with Crippen LogP contribution in [0.1, 0.15) is 36.7 Å². The van der Waals surface area contributed by atoms with Crippen LogP contribution in [0.3, 0.4) is 0 Å². The van der Waals surface area contributed by atoms with E-state index in [1.807, 2.05) is 0 Å². The van der Waals surface area contributed by atoms with E-state index >= 15 is 0 Å². The van der Waals surface area contributed by atoms with Crippen molar-refractivity contribution in [2.45, 2.75) is 51.9 Å². The number of carbonyl (C=O) groups excluding carboxylic acids is 1. The Balaban J connectivity index is 1.36. The Morgan fingerprint density at radius 3 is 3.07 bits per heavy atom. The van der Waals surface area contributed by atoms with E-state index in [4.69, 9.17) is 9.84 Å². The lowest BCUT2D eigenvalue weighted by molar-refractivity contribution is 0.107. The molecule has 3 heterocycles. The summed E-state index contributed by atoms with van der Waals surface area (Å²) in [5, 5.41) is 10.4. The van der Waals surface area contributed by atoms with E-state index in [-0.39, 0.29) is 17.8 Å². The van der Waals surface area contributed by atoms with Crippen molar-refractivity contribution >= 4 is 11.7 Å². The minimum atomic E-state index is -0.438. The van der Waals surface area contributed by atoms with Crippen LogP contribution < -0.4 is 10.6 Å². The third-order valence-corrected chi connectivity index (χ3v) is 5.61. The highest BCUT2D eigenvalue weighted by molar-refractivity contribution is 5.89. The summed E-state index contributed by atoms with van der Waals surface area (Å²) < 4.78 is 21.5. The van der Waals surface area contributed by atoms with Crippen molar-refractivity contribution in [1.29, 1.82) is 0 Å². The fourth-order valence-corrected chi connectivity index (χ4v) is 4.20. The highest BCUT2D eigenvalue weighted by Crippen LogP contribution is 2.23. The van der Waals surface area contributed by atoms with Crippen LogP contribution >= 0.6 is 0 Å². The Kier molecular flexibility index (Phi) is 6.10. The number of likely N-dealkylation sites (tertiary alicyclic amines) is 1. The average Bonchev–Trinajstić information content (AvgIpc) is 3.08. The van der Waals surface area contributed by atoms with Crippen LogP contribution in [0.5, 0.6) is 0 Å². The Labute approximate surface area is 170 Å². The molecule has 1 unspecified atom stereocenters. The molecule has 2 aliphatic heterocycles. The number of hydrogen-bond acceptors (Lipinski definition) is 4. The third kappa shape index (κ3) is 4.59. The van der Waals surface area contributed by atoms with Crippen LogP contribution in [0.4, 0.5) is 14.9 Å². The zero-order chi connectivity index (χ0) is 20.2. The van der Waals surface area contributed by atoms with E-state index in [1.165, 1.54) is 17.3 Å². The van der Waals surface area contributed by atoms with Gasteiger partial charge in [-0.15, -0.1) is 0 Å². The van der Waals surface area contributed by atoms with Gasteiger partial charge in [0.1, 0.15) is 5.82 Å². The minimum Gasteiger partial charge on any atom is -0.376 e. The summed E-state index contributed by atoms with van der Waals surface area (Å²) >= 11 is 0. The molecule has 2 aromatic rings. The number of para-hydroxylation sites is 1. The van der Waals surface area contributed by atoms with Crippen molar-refractivity contribution in [1.82, 2.24) is 20.0 Å². The van der Waals surface area contributed by atoms with Gasteiger partial charge in [-0.25, -0.2) is 9.18 Å². The number of carbonyl (C=O) groups is 1. The lowest BCUT2D eigenvalue weighted by Crippen LogP contribution is -2.48. The van der Waals surface area contributed by atoms with Gasteiger partial charge in [0.2, 0.25) is 0 Å². The summed E-state index contributed by atoms with van der Waals surface area (Å²) in [5.41, 5.74) is 3.79. The molecule has 0 aliphatic carbocycles. The molecule has 1 aromatic carbocycles. The summed E-state index contributed by atoms with van der Waals surface area (Å²) in [6, 6.07) is 5.83. The summed E-state index contributed by atoms with van der Waals surface area (Å²) in [6.45, 7) is 6.84. The van der Waals surface area contributed by atoms with Gasteiger partial charge >= 0.3 is 6.03 Å². The molecule has 29 heavy (non-hydrogen) atoms. The SMILES string of the molecule is CCn1nc(CN2CCCC(NC(=O)Nc3ccccc3F)C2)c2c1CCOC2. The standard InChI is InChI=1S/C21H28FN5O2/c1-2-27-20-9-11-29-14-16(20)19(25-27)13-26-10-5-6-15(12-26)23-21(28)24-18-8-4-3-7-17(18)22/h3-4,7-8,15H,2,5-6,9-14H2,1H3,(H2,23,24,28). The highest BCUT2D eigenvalue weighted by Gasteiger charge is 2.26. The van der Waals surface area contributed by atoms with Gasteiger partial charge < -0.3 is 15.4 Å². The first-order valence-corrected chi connectivity index (χ1v) is 10.3. The van der Waals surface area contributed by atoms with Crippen LogP contribution in [0.2, 0.25) is 0 Å². The number of hydrogen-bond donors (Lipinski definition) is 2. The number of nitrogens with zero attached hydrogens (tertiary/aromatic N) is 3. The Morgan fingerprint density at radius 2 is 2.24 bits per heavy atom. The second-order valence-electron chi connectivity index (χ2n) is 7.64. The molecule has 2 aliphatic rings. The molecule has 156 valence electrons. The molecule has 0 radical (unpaired) electrons. The quantitative estimate of drug-likeness (QED) is 0.808. The van der Waals surface area contributed by atoms with Crippen molar-refractivity contribution < 1.29 is 13.9 Å². The number of nitrogens with one attached hydrogen (secondary N) is 2. The zero-order valence-corrected chi connectivity index (χ0v) is 16.8. The number of anilines is 1. The van der Waals surface area contributed by atoms with Crippen molar-refractivity contribution in [3.63, 3.8) is 0 Å². The second kappa shape index (κ2) is 8.92. The zero-order valence-electron chi connectivity index (χ0n) is 16.8. The fourth-order valence-electron chi connectivity index (χ4n) is 4.20. The first-order valence-electron chi connectivity index (χ1n) is 10.3. The van der Waals surface area contributed by atoms with E-state index in [0.29, 0.717) is 6.61 Å². The highest BCUT2D eigenvalue weighted by atomic mass is 19.1. The third-order valence-electron chi connectivity index (χ3n) is 5.61. The Hall–Kier alpha value is -2.45. The predicted octanol–water partition coefficient (Wildman–Crippen LogP) is 2.90. The minimum absolute atomic E-state index is 0.0239. The van der Waals surface area contributed by atoms with Crippen LogP contribution in [-0.4, -0.2) is 46.4 Å². The molecule has 1 fully saturated rings. The molecule has 2 N–H and O–H groups in total. The van der Waals surface area contributed by atoms with Crippen LogP contribution in [-0.2, 0) is 30.9 Å². The maximum absolute atomic E-state index is 13.7. The van der Waals surface area contributed by atoms with Gasteiger partial charge in [-0.1, -0.05) is 12.1 Å². The topological polar surface area (TPSA) is 71.4 Å². The number of fused-ring (bicyclic) bond motifs is 1. The van der Waals surface area contributed by atoms with Crippen molar-refractivity contribution in [2.24, 2.45) is 0 Å². The molecule has 8 heteroatoms. The predicted molar refractivity (Wildman–Crippen MR) is 108 cm³/mol. The number of aromatic nitrogens is 2. The number of ether oxygens (including phenoxy) is 1. The van der Waals surface area contributed by atoms with Crippen LogP contribution in [0.25, 0.3) is 0 Å². The number of aryl methyl sites for hydroxylation is 1. The molecule has 0 saturated carbocycles. The normalized spacial score (nSPS) is 19.6. The Bertz CT molecular complexity index is 869. The van der Waals surface area contributed by atoms with E-state index in [1.54, 1.807) is 18.2 Å². The maximum atomic E-state index is 13.7. The summed E-state index contributed by atoms with van der Waals surface area (Å²) in [5.74, 6) is -0.438. The fraction of sp³-hybridized carbons (Fsp3) is 0.524. The lowest BCUT2D eigenvalue weighted by atomic mass is 10.0. The van der Waals surface area contributed by atoms with E-state index in [0.717, 1.165) is 57.7 Å². The van der Waals surface area contributed by atoms with E-state index in [2.05, 4.69) is 27.1 Å². The number of benzene rings is 1. The molecule has 4 rings (SSSR count). The average molecular weight is 401 g/mol. The van der Waals surface area contributed by atoms with Crippen molar-refractivity contribution in [3.05, 3.63) is 47.0 Å². The molecule has 1 aromatic heterocycles. The number of halogens is 1. The number of urea groups is 1. The van der Waals surface area contributed by atoms with E-state index < -0.39 is 5.82 Å². The van der Waals surface area contributed by atoms with Crippen molar-refractivity contribution in [2.75, 3.05) is 25.0 Å². The Morgan fingerprint density at radius 1 is 1.38 bits per heavy atom. The monoisotopic (exact) mass is 401 g/mol. The molecule has 1 saturated heterocycles. The van der Waals surface area contributed by atoms with Gasteiger partial charge in [-0.2, -0.15) is 5.10 Å². The summed E-state index contributed by atoms with van der Waals surface area (Å²) in [7, 11) is 0. The first kappa shape index (κ1) is 19.8. The summed E-state index contributed by atoms with van der Waals surface area (Å²) in [4.78, 5) is 14.6. The van der Waals surface area contributed by atoms with Gasteiger partial charge in [0.15, 0.2) is 0 Å². The maximum Gasteiger partial charge on any atom is 0.319 e. The molecular weight excluding hydrogens is 373 g/mol. The summed E-state index contributed by atoms with van der Waals surface area (Å²) in [6.07, 6.45) is 2.82. The molecule has 0 spiro atoms. The van der Waals surface area contributed by atoms with Gasteiger partial charge in [0.25, 0.3) is 0 Å². The molecule has 7 nitrogen and oxygen atoms in total. The molecule has 1 atom stereocenters. The van der Waals surface area contributed by atoms with Gasteiger partial charge in [0, 0.05) is 43.4 Å². The largest absolute Gasteiger partial charge is 0.376 e. The molecule has 0 bridgehead atoms. The number of piperidine rings is 1. The van der Waals surface area contributed by atoms with Crippen molar-refractivity contribution in [3.8, 4) is 0 Å². The smallest absolute Gasteiger partial charge is 0.319 e. The van der Waals surface area contributed by atoms with Crippen LogP contribution in [0, 0.1) is 5.82 Å². The molecular formula is C21H28FN5O2. The van der Waals surface area contributed by atoms with Crippen LogP contribution in [0.15, 0.2) is 24.3 Å². The number of amides is 2. The van der Waals surface area contributed by atoms with Gasteiger partial charge in [0.05, 0.1) is 24.6 Å². The van der Waals surface area contributed by atoms with Gasteiger partial charge in [-0.3, -0.25) is 9.58 Å². The molecule has 2 amide bonds. The number of rotatable bonds is 5. The van der Waals surface area contributed by atoms with E-state index in [9.17, 15) is 9.18 Å². The first-order chi connectivity index (χ1) is 14.1. The lowest BCUT2D eigenvalue weighted by Gasteiger charge is -2.33. The second-order valence-corrected chi connectivity index (χ2v) is 7.64.